The van der Waals surface area contributed by atoms with E-state index >= 15 is 0 Å². The highest BCUT2D eigenvalue weighted by Gasteiger charge is 2.05. The van der Waals surface area contributed by atoms with E-state index in [1.807, 2.05) is 0 Å². The van der Waals surface area contributed by atoms with Gasteiger partial charge in [-0.25, -0.2) is 4.79 Å². The second-order valence-corrected chi connectivity index (χ2v) is 4.43. The number of hydrogen-bond acceptors (Lipinski definition) is 4. The molecule has 2 N–H and O–H groups in total. The van der Waals surface area contributed by atoms with Crippen molar-refractivity contribution in [3.8, 4) is 0 Å². The van der Waals surface area contributed by atoms with Gasteiger partial charge in [-0.15, -0.1) is 0 Å². The highest BCUT2D eigenvalue weighted by molar-refractivity contribution is 7.80. The lowest BCUT2D eigenvalue weighted by molar-refractivity contribution is 0.0526. The van der Waals surface area contributed by atoms with Gasteiger partial charge in [-0.2, -0.15) is 0 Å². The molecule has 0 aromatic heterocycles. The van der Waals surface area contributed by atoms with Crippen LogP contribution in [0.15, 0.2) is 24.3 Å². The molecule has 20 heavy (non-hydrogen) atoms. The quantitative estimate of drug-likeness (QED) is 0.457. The van der Waals surface area contributed by atoms with Crippen LogP contribution in [-0.4, -0.2) is 38.0 Å². The van der Waals surface area contributed by atoms with Crippen LogP contribution in [0.5, 0.6) is 0 Å². The summed E-state index contributed by atoms with van der Waals surface area (Å²) < 4.78 is 9.87. The summed E-state index contributed by atoms with van der Waals surface area (Å²) in [7, 11) is 1.67. The Hall–Kier alpha value is -1.66. The Morgan fingerprint density at radius 1 is 1.30 bits per heavy atom. The number of nitrogens with one attached hydrogen (secondary N) is 2. The first-order valence-electron chi connectivity index (χ1n) is 6.48. The number of methoxy groups -OCH3 is 1. The van der Waals surface area contributed by atoms with Gasteiger partial charge in [-0.05, 0) is 49.8 Å². The number of ether oxygens (including phenoxy) is 2. The first-order chi connectivity index (χ1) is 9.67. The number of anilines is 1. The van der Waals surface area contributed by atoms with Crippen molar-refractivity contribution in [3.63, 3.8) is 0 Å². The minimum absolute atomic E-state index is 0.320. The van der Waals surface area contributed by atoms with E-state index in [1.165, 1.54) is 0 Å². The molecule has 0 unspecified atom stereocenters. The fourth-order valence-electron chi connectivity index (χ4n) is 1.50. The van der Waals surface area contributed by atoms with E-state index < -0.39 is 0 Å². The van der Waals surface area contributed by atoms with Crippen molar-refractivity contribution in [2.75, 3.05) is 32.2 Å². The zero-order valence-electron chi connectivity index (χ0n) is 11.8. The van der Waals surface area contributed by atoms with Gasteiger partial charge in [0, 0.05) is 25.9 Å². The Balaban J connectivity index is 2.41. The molecule has 0 heterocycles. The number of thiocarbonyl (C=S) groups is 1. The van der Waals surface area contributed by atoms with E-state index in [4.69, 9.17) is 21.7 Å². The van der Waals surface area contributed by atoms with Gasteiger partial charge in [-0.3, -0.25) is 0 Å². The van der Waals surface area contributed by atoms with Crippen LogP contribution < -0.4 is 10.6 Å². The van der Waals surface area contributed by atoms with Crippen molar-refractivity contribution in [2.45, 2.75) is 13.3 Å². The number of hydrogen-bond donors (Lipinski definition) is 2. The van der Waals surface area contributed by atoms with Crippen molar-refractivity contribution in [1.82, 2.24) is 5.32 Å². The molecular weight excluding hydrogens is 276 g/mol. The van der Waals surface area contributed by atoms with E-state index in [0.29, 0.717) is 23.9 Å². The van der Waals surface area contributed by atoms with Gasteiger partial charge in [0.15, 0.2) is 5.11 Å². The molecule has 0 amide bonds. The lowest BCUT2D eigenvalue weighted by atomic mass is 10.2. The van der Waals surface area contributed by atoms with E-state index in [-0.39, 0.29) is 5.97 Å². The zero-order chi connectivity index (χ0) is 14.8. The molecular formula is C14H20N2O3S. The summed E-state index contributed by atoms with van der Waals surface area (Å²) in [6, 6.07) is 6.98. The van der Waals surface area contributed by atoms with Crippen molar-refractivity contribution in [3.05, 3.63) is 29.8 Å². The first-order valence-corrected chi connectivity index (χ1v) is 6.89. The maximum absolute atomic E-state index is 11.5. The minimum Gasteiger partial charge on any atom is -0.462 e. The van der Waals surface area contributed by atoms with Gasteiger partial charge in [0.1, 0.15) is 0 Å². The van der Waals surface area contributed by atoms with Crippen LogP contribution in [0, 0.1) is 0 Å². The van der Waals surface area contributed by atoms with E-state index in [9.17, 15) is 4.79 Å². The number of benzene rings is 1. The van der Waals surface area contributed by atoms with E-state index in [1.54, 1.807) is 38.3 Å². The van der Waals surface area contributed by atoms with Crippen LogP contribution in [0.1, 0.15) is 23.7 Å². The molecule has 0 bridgehead atoms. The molecule has 5 nitrogen and oxygen atoms in total. The summed E-state index contributed by atoms with van der Waals surface area (Å²) in [5.41, 5.74) is 1.35. The summed E-state index contributed by atoms with van der Waals surface area (Å²) >= 11 is 5.16. The van der Waals surface area contributed by atoms with Gasteiger partial charge in [0.05, 0.1) is 12.2 Å². The summed E-state index contributed by atoms with van der Waals surface area (Å²) in [5.74, 6) is -0.320. The molecule has 0 atom stereocenters. The van der Waals surface area contributed by atoms with Crippen molar-refractivity contribution >= 4 is 29.0 Å². The molecule has 0 fully saturated rings. The summed E-state index contributed by atoms with van der Waals surface area (Å²) in [4.78, 5) is 11.5. The van der Waals surface area contributed by atoms with Crippen LogP contribution in [0.3, 0.4) is 0 Å². The van der Waals surface area contributed by atoms with Crippen molar-refractivity contribution in [1.29, 1.82) is 0 Å². The Labute approximate surface area is 124 Å². The van der Waals surface area contributed by atoms with Crippen LogP contribution in [0.4, 0.5) is 5.69 Å². The normalized spacial score (nSPS) is 9.90. The topological polar surface area (TPSA) is 59.6 Å². The van der Waals surface area contributed by atoms with Crippen LogP contribution in [0.25, 0.3) is 0 Å². The summed E-state index contributed by atoms with van der Waals surface area (Å²) in [6.45, 7) is 3.60. The monoisotopic (exact) mass is 296 g/mol. The predicted molar refractivity (Wildman–Crippen MR) is 83.1 cm³/mol. The molecule has 0 spiro atoms. The molecule has 0 saturated heterocycles. The van der Waals surface area contributed by atoms with Gasteiger partial charge in [0.2, 0.25) is 0 Å². The van der Waals surface area contributed by atoms with E-state index in [2.05, 4.69) is 10.6 Å². The molecule has 1 aromatic carbocycles. The molecule has 1 rings (SSSR count). The number of rotatable bonds is 7. The van der Waals surface area contributed by atoms with Gasteiger partial charge < -0.3 is 20.1 Å². The molecule has 0 aliphatic heterocycles. The first kappa shape index (κ1) is 16.4. The molecule has 110 valence electrons. The number of carbonyl (C=O) groups excluding carboxylic acids is 1. The lowest BCUT2D eigenvalue weighted by Crippen LogP contribution is -2.29. The third kappa shape index (κ3) is 5.99. The van der Waals surface area contributed by atoms with Gasteiger partial charge in [-0.1, -0.05) is 0 Å². The molecule has 0 aliphatic rings. The largest absolute Gasteiger partial charge is 0.462 e. The van der Waals surface area contributed by atoms with Crippen molar-refractivity contribution < 1.29 is 14.3 Å². The Bertz CT molecular complexity index is 435. The lowest BCUT2D eigenvalue weighted by Gasteiger charge is -2.10. The van der Waals surface area contributed by atoms with Gasteiger partial charge >= 0.3 is 5.97 Å². The van der Waals surface area contributed by atoms with Crippen molar-refractivity contribution in [2.24, 2.45) is 0 Å². The molecule has 6 heteroatoms. The Morgan fingerprint density at radius 3 is 2.60 bits per heavy atom. The average Bonchev–Trinajstić information content (AvgIpc) is 2.45. The maximum atomic E-state index is 11.5. The molecule has 0 radical (unpaired) electrons. The number of carbonyl (C=O) groups is 1. The fraction of sp³-hybridized carbons (Fsp3) is 0.429. The Morgan fingerprint density at radius 2 is 2.00 bits per heavy atom. The fourth-order valence-corrected chi connectivity index (χ4v) is 1.72. The standard InChI is InChI=1S/C14H20N2O3S/c1-3-19-13(17)11-5-7-12(8-6-11)16-14(20)15-9-4-10-18-2/h5-8H,3-4,9-10H2,1-2H3,(H2,15,16,20). The molecule has 0 aliphatic carbocycles. The third-order valence-corrected chi connectivity index (χ3v) is 2.71. The van der Waals surface area contributed by atoms with Gasteiger partial charge in [0.25, 0.3) is 0 Å². The molecule has 1 aromatic rings. The Kier molecular flexibility index (Phi) is 7.60. The maximum Gasteiger partial charge on any atom is 0.338 e. The zero-order valence-corrected chi connectivity index (χ0v) is 12.6. The number of esters is 1. The van der Waals surface area contributed by atoms with Crippen LogP contribution in [0.2, 0.25) is 0 Å². The third-order valence-electron chi connectivity index (χ3n) is 2.46. The minimum atomic E-state index is -0.320. The predicted octanol–water partition coefficient (Wildman–Crippen LogP) is 2.19. The highest BCUT2D eigenvalue weighted by Crippen LogP contribution is 2.10. The summed E-state index contributed by atoms with van der Waals surface area (Å²) in [5, 5.41) is 6.66. The average molecular weight is 296 g/mol. The smallest absolute Gasteiger partial charge is 0.338 e. The van der Waals surface area contributed by atoms with Crippen LogP contribution in [-0.2, 0) is 9.47 Å². The van der Waals surface area contributed by atoms with Crippen LogP contribution >= 0.6 is 12.2 Å². The second-order valence-electron chi connectivity index (χ2n) is 4.03. The van der Waals surface area contributed by atoms with E-state index in [0.717, 1.165) is 18.7 Å². The SMILES string of the molecule is CCOC(=O)c1ccc(NC(=S)NCCCOC)cc1. The second kappa shape index (κ2) is 9.28. The molecule has 0 saturated carbocycles. The highest BCUT2D eigenvalue weighted by atomic mass is 32.1. The summed E-state index contributed by atoms with van der Waals surface area (Å²) in [6.07, 6.45) is 0.889.